The molecule has 27 heavy (non-hydrogen) atoms. The molecule has 2 fully saturated rings. The number of likely N-dealkylation sites (tertiary alicyclic amines) is 1. The van der Waals surface area contributed by atoms with Gasteiger partial charge in [-0.05, 0) is 37.4 Å². The lowest BCUT2D eigenvalue weighted by atomic mass is 10.2. The minimum Gasteiger partial charge on any atom is -0.298 e. The Morgan fingerprint density at radius 2 is 1.70 bits per heavy atom. The molecule has 4 nitrogen and oxygen atoms in total. The highest BCUT2D eigenvalue weighted by atomic mass is 32.2. The summed E-state index contributed by atoms with van der Waals surface area (Å²) < 4.78 is 42.2. The maximum absolute atomic E-state index is 14.1. The summed E-state index contributed by atoms with van der Waals surface area (Å²) in [4.78, 5) is 2.20. The van der Waals surface area contributed by atoms with Crippen LogP contribution < -0.4 is 0 Å². The normalized spacial score (nSPS) is 21.0. The summed E-state index contributed by atoms with van der Waals surface area (Å²) in [6.07, 6.45) is 2.37. The van der Waals surface area contributed by atoms with Gasteiger partial charge in [0.2, 0.25) is 10.0 Å². The summed E-state index contributed by atoms with van der Waals surface area (Å²) in [7, 11) is -3.45. The molecule has 1 heterocycles. The number of benzene rings is 2. The van der Waals surface area contributed by atoms with Gasteiger partial charge < -0.3 is 0 Å². The van der Waals surface area contributed by atoms with E-state index in [-0.39, 0.29) is 18.4 Å². The Kier molecular flexibility index (Phi) is 5.30. The average Bonchev–Trinajstić information content (AvgIpc) is 3.39. The summed E-state index contributed by atoms with van der Waals surface area (Å²) in [6, 6.07) is 16.6. The van der Waals surface area contributed by atoms with Gasteiger partial charge in [0.1, 0.15) is 5.82 Å². The van der Waals surface area contributed by atoms with E-state index in [1.807, 2.05) is 18.2 Å². The third kappa shape index (κ3) is 4.23. The van der Waals surface area contributed by atoms with Crippen molar-refractivity contribution in [3.05, 3.63) is 71.5 Å². The number of nitrogens with zero attached hydrogens (tertiary/aromatic N) is 2. The van der Waals surface area contributed by atoms with Crippen LogP contribution in [0.15, 0.2) is 54.6 Å². The van der Waals surface area contributed by atoms with E-state index in [1.54, 1.807) is 22.5 Å². The summed E-state index contributed by atoms with van der Waals surface area (Å²) >= 11 is 0. The zero-order valence-electron chi connectivity index (χ0n) is 15.3. The lowest BCUT2D eigenvalue weighted by molar-refractivity contribution is 0.328. The quantitative estimate of drug-likeness (QED) is 0.730. The van der Waals surface area contributed by atoms with E-state index in [4.69, 9.17) is 0 Å². The van der Waals surface area contributed by atoms with Gasteiger partial charge in [-0.25, -0.2) is 12.8 Å². The van der Waals surface area contributed by atoms with Crippen LogP contribution in [0.2, 0.25) is 0 Å². The molecule has 0 bridgehead atoms. The van der Waals surface area contributed by atoms with Gasteiger partial charge in [0.05, 0.1) is 5.25 Å². The van der Waals surface area contributed by atoms with Gasteiger partial charge in [-0.15, -0.1) is 0 Å². The van der Waals surface area contributed by atoms with Gasteiger partial charge >= 0.3 is 0 Å². The lowest BCUT2D eigenvalue weighted by Gasteiger charge is -2.26. The average molecular weight is 389 g/mol. The van der Waals surface area contributed by atoms with Crippen LogP contribution in [0.1, 0.15) is 30.4 Å². The zero-order chi connectivity index (χ0) is 18.9. The van der Waals surface area contributed by atoms with Crippen molar-refractivity contribution in [2.75, 3.05) is 13.1 Å². The molecule has 2 aromatic rings. The van der Waals surface area contributed by atoms with Crippen molar-refractivity contribution >= 4 is 10.0 Å². The Morgan fingerprint density at radius 1 is 1.00 bits per heavy atom. The largest absolute Gasteiger partial charge is 0.298 e. The molecule has 6 heteroatoms. The van der Waals surface area contributed by atoms with Gasteiger partial charge in [-0.2, -0.15) is 4.31 Å². The van der Waals surface area contributed by atoms with Crippen LogP contribution >= 0.6 is 0 Å². The van der Waals surface area contributed by atoms with Crippen LogP contribution in [0.5, 0.6) is 0 Å². The highest BCUT2D eigenvalue weighted by Gasteiger charge is 2.43. The molecule has 1 aliphatic heterocycles. The van der Waals surface area contributed by atoms with Crippen molar-refractivity contribution < 1.29 is 12.8 Å². The van der Waals surface area contributed by atoms with Crippen molar-refractivity contribution in [2.24, 2.45) is 0 Å². The smallest absolute Gasteiger partial charge is 0.218 e. The predicted octanol–water partition coefficient (Wildman–Crippen LogP) is 3.39. The van der Waals surface area contributed by atoms with Crippen molar-refractivity contribution in [1.29, 1.82) is 0 Å². The monoisotopic (exact) mass is 388 g/mol. The summed E-state index contributed by atoms with van der Waals surface area (Å²) in [5.74, 6) is -0.338. The molecule has 4 rings (SSSR count). The van der Waals surface area contributed by atoms with Crippen LogP contribution in [0.3, 0.4) is 0 Å². The predicted molar refractivity (Wildman–Crippen MR) is 104 cm³/mol. The number of rotatable bonds is 7. The maximum Gasteiger partial charge on any atom is 0.218 e. The van der Waals surface area contributed by atoms with Crippen molar-refractivity contribution in [2.45, 2.75) is 43.6 Å². The van der Waals surface area contributed by atoms with Crippen LogP contribution in [0.25, 0.3) is 0 Å². The minimum atomic E-state index is -3.45. The van der Waals surface area contributed by atoms with Crippen molar-refractivity contribution in [3.8, 4) is 0 Å². The highest BCUT2D eigenvalue weighted by molar-refractivity contribution is 7.89. The summed E-state index contributed by atoms with van der Waals surface area (Å²) in [5, 5.41) is -0.409. The molecule has 1 atom stereocenters. The van der Waals surface area contributed by atoms with Crippen LogP contribution in [-0.2, 0) is 23.1 Å². The van der Waals surface area contributed by atoms with Gasteiger partial charge in [-0.1, -0.05) is 48.5 Å². The first kappa shape index (κ1) is 18.6. The van der Waals surface area contributed by atoms with Crippen LogP contribution in [-0.4, -0.2) is 42.0 Å². The molecule has 0 radical (unpaired) electrons. The first-order valence-electron chi connectivity index (χ1n) is 9.54. The van der Waals surface area contributed by atoms with Gasteiger partial charge in [0.25, 0.3) is 0 Å². The molecular weight excluding hydrogens is 363 g/mol. The Bertz CT molecular complexity index is 884. The molecule has 1 aliphatic carbocycles. The molecule has 0 amide bonds. The van der Waals surface area contributed by atoms with Gasteiger partial charge in [-0.3, -0.25) is 4.90 Å². The number of hydrogen-bond acceptors (Lipinski definition) is 3. The zero-order valence-corrected chi connectivity index (χ0v) is 16.1. The molecule has 144 valence electrons. The molecular formula is C21H25FN2O2S. The lowest BCUT2D eigenvalue weighted by Crippen LogP contribution is -2.41. The van der Waals surface area contributed by atoms with E-state index < -0.39 is 15.3 Å². The first-order valence-corrected chi connectivity index (χ1v) is 11.0. The molecule has 0 aromatic heterocycles. The second-order valence-corrected chi connectivity index (χ2v) is 9.71. The molecule has 0 unspecified atom stereocenters. The number of sulfonamides is 1. The fourth-order valence-electron chi connectivity index (χ4n) is 3.80. The number of halogens is 1. The van der Waals surface area contributed by atoms with Gasteiger partial charge in [0.15, 0.2) is 0 Å². The summed E-state index contributed by atoms with van der Waals surface area (Å²) in [5.41, 5.74) is 1.65. The van der Waals surface area contributed by atoms with E-state index >= 15 is 0 Å². The first-order chi connectivity index (χ1) is 13.0. The third-order valence-corrected chi connectivity index (χ3v) is 7.77. The molecule has 0 spiro atoms. The van der Waals surface area contributed by atoms with Crippen LogP contribution in [0, 0.1) is 5.82 Å². The Balaban J connectivity index is 1.47. The van der Waals surface area contributed by atoms with E-state index in [9.17, 15) is 12.8 Å². The second kappa shape index (κ2) is 7.70. The standard InChI is InChI=1S/C21H25FN2O2S/c22-21-9-5-4-8-18(21)15-24(19-10-11-19)27(25,26)20-12-13-23(16-20)14-17-6-2-1-3-7-17/h1-9,19-20H,10-16H2/t20-/m1/s1. The second-order valence-electron chi connectivity index (χ2n) is 7.54. The van der Waals surface area contributed by atoms with Crippen LogP contribution in [0.4, 0.5) is 4.39 Å². The van der Waals surface area contributed by atoms with E-state index in [2.05, 4.69) is 17.0 Å². The third-order valence-electron chi connectivity index (χ3n) is 5.46. The summed E-state index contributed by atoms with van der Waals surface area (Å²) in [6.45, 7) is 2.22. The molecule has 0 N–H and O–H groups in total. The fourth-order valence-corrected chi connectivity index (χ4v) is 5.93. The van der Waals surface area contributed by atoms with E-state index in [0.717, 1.165) is 25.9 Å². The number of hydrogen-bond donors (Lipinski definition) is 0. The van der Waals surface area contributed by atoms with Crippen molar-refractivity contribution in [3.63, 3.8) is 0 Å². The Hall–Kier alpha value is -1.76. The molecule has 1 saturated carbocycles. The van der Waals surface area contributed by atoms with Gasteiger partial charge in [0, 0.05) is 31.2 Å². The maximum atomic E-state index is 14.1. The fraction of sp³-hybridized carbons (Fsp3) is 0.429. The van der Waals surface area contributed by atoms with E-state index in [1.165, 1.54) is 11.6 Å². The Labute approximate surface area is 160 Å². The molecule has 2 aromatic carbocycles. The highest BCUT2D eigenvalue weighted by Crippen LogP contribution is 2.34. The molecule has 2 aliphatic rings. The topological polar surface area (TPSA) is 40.6 Å². The van der Waals surface area contributed by atoms with E-state index in [0.29, 0.717) is 18.5 Å². The Morgan fingerprint density at radius 3 is 2.41 bits per heavy atom. The minimum absolute atomic E-state index is 0.0257. The SMILES string of the molecule is O=S(=O)([C@@H]1CCN(Cc2ccccc2)C1)N(Cc1ccccc1F)C1CC1. The van der Waals surface area contributed by atoms with Crippen molar-refractivity contribution in [1.82, 2.24) is 9.21 Å². The molecule has 1 saturated heterocycles.